The summed E-state index contributed by atoms with van der Waals surface area (Å²) in [5, 5.41) is 2.67. The summed E-state index contributed by atoms with van der Waals surface area (Å²) in [6.07, 6.45) is 3.14. The lowest BCUT2D eigenvalue weighted by molar-refractivity contribution is -0.145. The number of hydrogen-bond donors (Lipinski definition) is 1. The third-order valence-corrected chi connectivity index (χ3v) is 3.41. The van der Waals surface area contributed by atoms with Crippen LogP contribution in [0.4, 0.5) is 0 Å². The van der Waals surface area contributed by atoms with Gasteiger partial charge in [0.1, 0.15) is 0 Å². The molecule has 1 rings (SSSR count). The second-order valence-electron chi connectivity index (χ2n) is 4.99. The molecule has 114 valence electrons. The Morgan fingerprint density at radius 3 is 2.45 bits per heavy atom. The van der Waals surface area contributed by atoms with Crippen molar-refractivity contribution in [3.8, 4) is 0 Å². The number of rotatable bonds is 8. The van der Waals surface area contributed by atoms with Crippen LogP contribution in [0.15, 0.2) is 0 Å². The van der Waals surface area contributed by atoms with E-state index >= 15 is 0 Å². The SMILES string of the molecule is CCOC(=O)CCN(CCNC(C)=O)C(=O)C1CCC1. The Bertz CT molecular complexity index is 353. The van der Waals surface area contributed by atoms with Crippen LogP contribution in [0.5, 0.6) is 0 Å². The minimum Gasteiger partial charge on any atom is -0.466 e. The zero-order valence-corrected chi connectivity index (χ0v) is 12.3. The molecule has 0 spiro atoms. The van der Waals surface area contributed by atoms with Crippen LogP contribution in [0.3, 0.4) is 0 Å². The summed E-state index contributed by atoms with van der Waals surface area (Å²) in [7, 11) is 0. The van der Waals surface area contributed by atoms with Gasteiger partial charge in [-0.15, -0.1) is 0 Å². The van der Waals surface area contributed by atoms with E-state index in [1.165, 1.54) is 6.92 Å². The number of hydrogen-bond acceptors (Lipinski definition) is 4. The minimum absolute atomic E-state index is 0.0888. The van der Waals surface area contributed by atoms with E-state index in [1.54, 1.807) is 11.8 Å². The average molecular weight is 284 g/mol. The maximum absolute atomic E-state index is 12.2. The molecule has 0 atom stereocenters. The van der Waals surface area contributed by atoms with E-state index in [9.17, 15) is 14.4 Å². The van der Waals surface area contributed by atoms with Gasteiger partial charge in [0.05, 0.1) is 13.0 Å². The van der Waals surface area contributed by atoms with Gasteiger partial charge in [0.25, 0.3) is 0 Å². The van der Waals surface area contributed by atoms with E-state index in [2.05, 4.69) is 5.32 Å². The molecule has 1 aliphatic rings. The second-order valence-corrected chi connectivity index (χ2v) is 4.99. The number of amides is 2. The van der Waals surface area contributed by atoms with Gasteiger partial charge in [0, 0.05) is 32.5 Å². The van der Waals surface area contributed by atoms with Crippen molar-refractivity contribution in [1.29, 1.82) is 0 Å². The highest BCUT2D eigenvalue weighted by molar-refractivity contribution is 5.80. The van der Waals surface area contributed by atoms with E-state index in [0.717, 1.165) is 19.3 Å². The Kier molecular flexibility index (Phi) is 7.04. The van der Waals surface area contributed by atoms with Gasteiger partial charge in [0.15, 0.2) is 0 Å². The van der Waals surface area contributed by atoms with Crippen molar-refractivity contribution in [2.45, 2.75) is 39.5 Å². The second kappa shape index (κ2) is 8.55. The monoisotopic (exact) mass is 284 g/mol. The topological polar surface area (TPSA) is 75.7 Å². The molecule has 1 N–H and O–H groups in total. The summed E-state index contributed by atoms with van der Waals surface area (Å²) in [5.41, 5.74) is 0. The predicted molar refractivity (Wildman–Crippen MR) is 73.9 cm³/mol. The van der Waals surface area contributed by atoms with Gasteiger partial charge in [-0.25, -0.2) is 0 Å². The van der Waals surface area contributed by atoms with Crippen molar-refractivity contribution in [3.05, 3.63) is 0 Å². The van der Waals surface area contributed by atoms with E-state index in [-0.39, 0.29) is 30.1 Å². The Morgan fingerprint density at radius 2 is 1.95 bits per heavy atom. The number of ether oxygens (including phenoxy) is 1. The maximum Gasteiger partial charge on any atom is 0.307 e. The van der Waals surface area contributed by atoms with Crippen LogP contribution in [0.25, 0.3) is 0 Å². The standard InChI is InChI=1S/C14H24N2O4/c1-3-20-13(18)7-9-16(10-8-15-11(2)17)14(19)12-5-4-6-12/h12H,3-10H2,1-2H3,(H,15,17). The molecular weight excluding hydrogens is 260 g/mol. The van der Waals surface area contributed by atoms with Crippen molar-refractivity contribution in [2.75, 3.05) is 26.2 Å². The van der Waals surface area contributed by atoms with Gasteiger partial charge >= 0.3 is 5.97 Å². The first-order valence-corrected chi connectivity index (χ1v) is 7.23. The quantitative estimate of drug-likeness (QED) is 0.666. The Hall–Kier alpha value is -1.59. The fraction of sp³-hybridized carbons (Fsp3) is 0.786. The van der Waals surface area contributed by atoms with E-state index in [4.69, 9.17) is 4.74 Å². The molecule has 6 heteroatoms. The molecule has 0 radical (unpaired) electrons. The largest absolute Gasteiger partial charge is 0.466 e. The van der Waals surface area contributed by atoms with Gasteiger partial charge in [-0.1, -0.05) is 6.42 Å². The lowest BCUT2D eigenvalue weighted by atomic mass is 9.84. The average Bonchev–Trinajstić information content (AvgIpc) is 2.31. The number of nitrogens with one attached hydrogen (secondary N) is 1. The maximum atomic E-state index is 12.2. The van der Waals surface area contributed by atoms with E-state index in [1.807, 2.05) is 0 Å². The van der Waals surface area contributed by atoms with Gasteiger partial charge in [0.2, 0.25) is 11.8 Å². The molecule has 0 aromatic rings. The van der Waals surface area contributed by atoms with Gasteiger partial charge in [-0.05, 0) is 19.8 Å². The molecule has 0 unspecified atom stereocenters. The summed E-state index contributed by atoms with van der Waals surface area (Å²) in [6, 6.07) is 0. The van der Waals surface area contributed by atoms with Gasteiger partial charge in [-0.2, -0.15) is 0 Å². The van der Waals surface area contributed by atoms with Crippen molar-refractivity contribution < 1.29 is 19.1 Å². The van der Waals surface area contributed by atoms with Crippen molar-refractivity contribution in [1.82, 2.24) is 10.2 Å². The van der Waals surface area contributed by atoms with Crippen molar-refractivity contribution in [2.24, 2.45) is 5.92 Å². The summed E-state index contributed by atoms with van der Waals surface area (Å²) in [6.45, 7) is 4.75. The highest BCUT2D eigenvalue weighted by Gasteiger charge is 2.29. The first-order chi connectivity index (χ1) is 9.54. The van der Waals surface area contributed by atoms with Crippen molar-refractivity contribution in [3.63, 3.8) is 0 Å². The Balaban J connectivity index is 2.42. The molecule has 1 saturated carbocycles. The third kappa shape index (κ3) is 5.59. The number of carbonyl (C=O) groups excluding carboxylic acids is 3. The van der Waals surface area contributed by atoms with Crippen molar-refractivity contribution >= 4 is 17.8 Å². The third-order valence-electron chi connectivity index (χ3n) is 3.41. The van der Waals surface area contributed by atoms with Gasteiger partial charge < -0.3 is 15.0 Å². The first-order valence-electron chi connectivity index (χ1n) is 7.23. The number of carbonyl (C=O) groups is 3. The molecule has 0 aromatic heterocycles. The fourth-order valence-corrected chi connectivity index (χ4v) is 2.07. The van der Waals surface area contributed by atoms with E-state index < -0.39 is 0 Å². The van der Waals surface area contributed by atoms with Crippen LogP contribution in [-0.4, -0.2) is 48.9 Å². The van der Waals surface area contributed by atoms with Crippen LogP contribution in [-0.2, 0) is 19.1 Å². The molecule has 20 heavy (non-hydrogen) atoms. The molecule has 1 aliphatic carbocycles. The zero-order chi connectivity index (χ0) is 15.0. The highest BCUT2D eigenvalue weighted by Crippen LogP contribution is 2.28. The summed E-state index contributed by atoms with van der Waals surface area (Å²) < 4.78 is 4.87. The Morgan fingerprint density at radius 1 is 1.25 bits per heavy atom. The van der Waals surface area contributed by atoms with Gasteiger partial charge in [-0.3, -0.25) is 14.4 Å². The Labute approximate surface area is 119 Å². The summed E-state index contributed by atoms with van der Waals surface area (Å²) in [4.78, 5) is 36.1. The fourth-order valence-electron chi connectivity index (χ4n) is 2.07. The lowest BCUT2D eigenvalue weighted by Gasteiger charge is -2.31. The molecule has 0 saturated heterocycles. The van der Waals surface area contributed by atoms with Crippen LogP contribution in [0.1, 0.15) is 39.5 Å². The molecule has 0 heterocycles. The minimum atomic E-state index is -0.293. The molecule has 6 nitrogen and oxygen atoms in total. The van der Waals surface area contributed by atoms with Crippen LogP contribution in [0.2, 0.25) is 0 Å². The molecule has 1 fully saturated rings. The molecule has 0 aliphatic heterocycles. The lowest BCUT2D eigenvalue weighted by Crippen LogP contribution is -2.43. The summed E-state index contributed by atoms with van der Waals surface area (Å²) >= 11 is 0. The molecule has 2 amide bonds. The zero-order valence-electron chi connectivity index (χ0n) is 12.3. The van der Waals surface area contributed by atoms with Crippen LogP contribution in [0, 0.1) is 5.92 Å². The van der Waals surface area contributed by atoms with Crippen LogP contribution >= 0.6 is 0 Å². The van der Waals surface area contributed by atoms with Crippen LogP contribution < -0.4 is 5.32 Å². The molecule has 0 bridgehead atoms. The van der Waals surface area contributed by atoms with E-state index in [0.29, 0.717) is 26.2 Å². The predicted octanol–water partition coefficient (Wildman–Crippen LogP) is 0.704. The number of esters is 1. The first kappa shape index (κ1) is 16.5. The summed E-state index contributed by atoms with van der Waals surface area (Å²) in [5.74, 6) is -0.231. The normalized spacial score (nSPS) is 14.3. The molecular formula is C14H24N2O4. The molecule has 0 aromatic carbocycles. The smallest absolute Gasteiger partial charge is 0.307 e. The highest BCUT2D eigenvalue weighted by atomic mass is 16.5. The number of nitrogens with zero attached hydrogens (tertiary/aromatic N) is 1.